The maximum Gasteiger partial charge on any atom is 0.253 e. The van der Waals surface area contributed by atoms with Gasteiger partial charge in [0.15, 0.2) is 0 Å². The molecule has 1 aliphatic heterocycles. The number of amides is 2. The van der Waals surface area contributed by atoms with Gasteiger partial charge in [-0.25, -0.2) is 0 Å². The van der Waals surface area contributed by atoms with Gasteiger partial charge < -0.3 is 5.73 Å². The molecule has 4 heteroatoms. The van der Waals surface area contributed by atoms with E-state index < -0.39 is 0 Å². The first-order chi connectivity index (χ1) is 5.66. The third-order valence-electron chi connectivity index (χ3n) is 1.87. The van der Waals surface area contributed by atoms with Crippen LogP contribution in [0.5, 0.6) is 0 Å². The highest BCUT2D eigenvalue weighted by molar-refractivity contribution is 6.13. The Bertz CT molecular complexity index is 217. The van der Waals surface area contributed by atoms with Crippen LogP contribution in [-0.2, 0) is 9.59 Å². The minimum Gasteiger partial charge on any atom is -0.330 e. The molecule has 0 aromatic rings. The molecule has 2 amide bonds. The Morgan fingerprint density at radius 1 is 1.42 bits per heavy atom. The number of carbonyl (C=O) groups is 2. The molecule has 1 rings (SSSR count). The van der Waals surface area contributed by atoms with Crippen LogP contribution in [-0.4, -0.2) is 29.3 Å². The Morgan fingerprint density at radius 2 is 1.92 bits per heavy atom. The first kappa shape index (κ1) is 8.93. The van der Waals surface area contributed by atoms with Crippen molar-refractivity contribution in [3.63, 3.8) is 0 Å². The van der Waals surface area contributed by atoms with Gasteiger partial charge in [0, 0.05) is 18.2 Å². The lowest BCUT2D eigenvalue weighted by atomic mass is 10.2. The van der Waals surface area contributed by atoms with E-state index in [4.69, 9.17) is 5.73 Å². The van der Waals surface area contributed by atoms with Crippen molar-refractivity contribution in [1.82, 2.24) is 4.90 Å². The molecule has 1 atom stereocenters. The summed E-state index contributed by atoms with van der Waals surface area (Å²) in [7, 11) is 0. The maximum atomic E-state index is 11.1. The molecule has 12 heavy (non-hydrogen) atoms. The zero-order valence-electron chi connectivity index (χ0n) is 6.99. The number of imide groups is 1. The number of carbonyl (C=O) groups excluding carboxylic acids is 2. The molecular weight excluding hydrogens is 156 g/mol. The summed E-state index contributed by atoms with van der Waals surface area (Å²) >= 11 is 0. The van der Waals surface area contributed by atoms with Crippen molar-refractivity contribution in [1.29, 1.82) is 0 Å². The van der Waals surface area contributed by atoms with E-state index in [1.54, 1.807) is 0 Å². The van der Waals surface area contributed by atoms with Crippen LogP contribution in [0.3, 0.4) is 0 Å². The lowest BCUT2D eigenvalue weighted by Gasteiger charge is -2.21. The van der Waals surface area contributed by atoms with Crippen molar-refractivity contribution in [3.8, 4) is 0 Å². The predicted molar refractivity (Wildman–Crippen MR) is 44.1 cm³/mol. The number of nitrogens with zero attached hydrogens (tertiary/aromatic N) is 1. The third kappa shape index (κ3) is 1.53. The zero-order valence-corrected chi connectivity index (χ0v) is 6.99. The van der Waals surface area contributed by atoms with E-state index in [1.165, 1.54) is 17.1 Å². The standard InChI is InChI=1S/C8H12N2O2/c1-6(4-5-9)10-7(11)2-3-8(10)12/h2-3,6H,4-5,9H2,1H3. The molecule has 0 radical (unpaired) electrons. The summed E-state index contributed by atoms with van der Waals surface area (Å²) in [6.07, 6.45) is 3.23. The van der Waals surface area contributed by atoms with Gasteiger partial charge in [-0.3, -0.25) is 14.5 Å². The Kier molecular flexibility index (Phi) is 2.60. The molecule has 4 nitrogen and oxygen atoms in total. The molecule has 0 spiro atoms. The molecule has 0 aliphatic carbocycles. The summed E-state index contributed by atoms with van der Waals surface area (Å²) in [5.41, 5.74) is 5.32. The highest BCUT2D eigenvalue weighted by Gasteiger charge is 2.27. The Morgan fingerprint density at radius 3 is 2.33 bits per heavy atom. The fourth-order valence-corrected chi connectivity index (χ4v) is 1.22. The van der Waals surface area contributed by atoms with Crippen molar-refractivity contribution >= 4 is 11.8 Å². The smallest absolute Gasteiger partial charge is 0.253 e. The van der Waals surface area contributed by atoms with Gasteiger partial charge in [-0.1, -0.05) is 0 Å². The monoisotopic (exact) mass is 168 g/mol. The average Bonchev–Trinajstić information content (AvgIpc) is 2.32. The normalized spacial score (nSPS) is 19.0. The van der Waals surface area contributed by atoms with Crippen LogP contribution < -0.4 is 5.73 Å². The van der Waals surface area contributed by atoms with Crippen molar-refractivity contribution in [2.45, 2.75) is 19.4 Å². The summed E-state index contributed by atoms with van der Waals surface area (Å²) in [6.45, 7) is 2.30. The second-order valence-electron chi connectivity index (χ2n) is 2.81. The molecule has 66 valence electrons. The topological polar surface area (TPSA) is 63.4 Å². The van der Waals surface area contributed by atoms with Crippen molar-refractivity contribution in [3.05, 3.63) is 12.2 Å². The Hall–Kier alpha value is -1.16. The molecule has 0 saturated carbocycles. The third-order valence-corrected chi connectivity index (χ3v) is 1.87. The van der Waals surface area contributed by atoms with Crippen molar-refractivity contribution in [2.24, 2.45) is 5.73 Å². The van der Waals surface area contributed by atoms with Gasteiger partial charge in [0.2, 0.25) is 0 Å². The summed E-state index contributed by atoms with van der Waals surface area (Å²) in [6, 6.07) is -0.0926. The summed E-state index contributed by atoms with van der Waals surface area (Å²) in [4.78, 5) is 23.4. The lowest BCUT2D eigenvalue weighted by Crippen LogP contribution is -2.39. The molecule has 2 N–H and O–H groups in total. The van der Waals surface area contributed by atoms with Gasteiger partial charge >= 0.3 is 0 Å². The number of nitrogens with two attached hydrogens (primary N) is 1. The molecule has 0 aromatic carbocycles. The quantitative estimate of drug-likeness (QED) is 0.586. The number of hydrogen-bond acceptors (Lipinski definition) is 3. The van der Waals surface area contributed by atoms with Crippen LogP contribution >= 0.6 is 0 Å². The number of hydrogen-bond donors (Lipinski definition) is 1. The maximum absolute atomic E-state index is 11.1. The lowest BCUT2D eigenvalue weighted by molar-refractivity contribution is -0.139. The van der Waals surface area contributed by atoms with E-state index in [0.717, 1.165) is 0 Å². The van der Waals surface area contributed by atoms with E-state index in [1.807, 2.05) is 6.92 Å². The molecule has 1 aliphatic rings. The molecule has 1 heterocycles. The fraction of sp³-hybridized carbons (Fsp3) is 0.500. The van der Waals surface area contributed by atoms with Crippen LogP contribution in [0.2, 0.25) is 0 Å². The highest BCUT2D eigenvalue weighted by atomic mass is 16.2. The SMILES string of the molecule is CC(CCN)N1C(=O)C=CC1=O. The Labute approximate surface area is 71.0 Å². The van der Waals surface area contributed by atoms with E-state index in [0.29, 0.717) is 13.0 Å². The molecule has 0 saturated heterocycles. The highest BCUT2D eigenvalue weighted by Crippen LogP contribution is 2.10. The van der Waals surface area contributed by atoms with Gasteiger partial charge in [-0.2, -0.15) is 0 Å². The second kappa shape index (κ2) is 3.49. The fourth-order valence-electron chi connectivity index (χ4n) is 1.22. The van der Waals surface area contributed by atoms with Crippen LogP contribution in [0, 0.1) is 0 Å². The Balaban J connectivity index is 2.63. The van der Waals surface area contributed by atoms with Crippen LogP contribution in [0.1, 0.15) is 13.3 Å². The molecular formula is C8H12N2O2. The zero-order chi connectivity index (χ0) is 9.14. The van der Waals surface area contributed by atoms with Crippen LogP contribution in [0.15, 0.2) is 12.2 Å². The van der Waals surface area contributed by atoms with Crippen molar-refractivity contribution < 1.29 is 9.59 Å². The number of rotatable bonds is 3. The van der Waals surface area contributed by atoms with Gasteiger partial charge in [0.1, 0.15) is 0 Å². The summed E-state index contributed by atoms with van der Waals surface area (Å²) in [5, 5.41) is 0. The molecule has 1 unspecified atom stereocenters. The first-order valence-electron chi connectivity index (χ1n) is 3.92. The molecule has 0 aromatic heterocycles. The average molecular weight is 168 g/mol. The van der Waals surface area contributed by atoms with E-state index >= 15 is 0 Å². The second-order valence-corrected chi connectivity index (χ2v) is 2.81. The van der Waals surface area contributed by atoms with E-state index in [2.05, 4.69) is 0 Å². The predicted octanol–water partition coefficient (Wildman–Crippen LogP) is -0.351. The summed E-state index contributed by atoms with van der Waals surface area (Å²) < 4.78 is 0. The van der Waals surface area contributed by atoms with Gasteiger partial charge in [0.05, 0.1) is 0 Å². The van der Waals surface area contributed by atoms with E-state index in [9.17, 15) is 9.59 Å². The molecule has 0 fully saturated rings. The molecule has 0 bridgehead atoms. The van der Waals surface area contributed by atoms with Crippen molar-refractivity contribution in [2.75, 3.05) is 6.54 Å². The minimum atomic E-state index is -0.235. The largest absolute Gasteiger partial charge is 0.330 e. The summed E-state index contributed by atoms with van der Waals surface area (Å²) in [5.74, 6) is -0.470. The first-order valence-corrected chi connectivity index (χ1v) is 3.92. The van der Waals surface area contributed by atoms with Crippen LogP contribution in [0.25, 0.3) is 0 Å². The van der Waals surface area contributed by atoms with Gasteiger partial charge in [0.25, 0.3) is 11.8 Å². The van der Waals surface area contributed by atoms with E-state index in [-0.39, 0.29) is 17.9 Å². The van der Waals surface area contributed by atoms with Gasteiger partial charge in [-0.15, -0.1) is 0 Å². The van der Waals surface area contributed by atoms with Crippen LogP contribution in [0.4, 0.5) is 0 Å². The minimum absolute atomic E-state index is 0.0926. The van der Waals surface area contributed by atoms with Gasteiger partial charge in [-0.05, 0) is 19.9 Å².